The molecule has 0 unspecified atom stereocenters. The number of carbonyl (C=O) groups excluding carboxylic acids is 1. The molecule has 0 aliphatic carbocycles. The predicted molar refractivity (Wildman–Crippen MR) is 147 cm³/mol. The van der Waals surface area contributed by atoms with Gasteiger partial charge >= 0.3 is 5.97 Å². The van der Waals surface area contributed by atoms with Crippen molar-refractivity contribution in [2.24, 2.45) is 0 Å². The summed E-state index contributed by atoms with van der Waals surface area (Å²) in [6.45, 7) is 2.66. The SMILES string of the molecule is COCCOCCOCCOc1ccc(N(c2ccc(Br)cc2)c2ccc(Br)cc2)cc1C(=O)OC. The summed E-state index contributed by atoms with van der Waals surface area (Å²) in [7, 11) is 2.98. The summed E-state index contributed by atoms with van der Waals surface area (Å²) in [4.78, 5) is 14.7. The van der Waals surface area contributed by atoms with Crippen molar-refractivity contribution in [1.29, 1.82) is 0 Å². The van der Waals surface area contributed by atoms with Crippen molar-refractivity contribution in [3.05, 3.63) is 81.2 Å². The Kier molecular flexibility index (Phi) is 11.7. The average Bonchev–Trinajstić information content (AvgIpc) is 2.90. The van der Waals surface area contributed by atoms with Gasteiger partial charge in [-0.1, -0.05) is 31.9 Å². The third-order valence-electron chi connectivity index (χ3n) is 5.09. The molecule has 0 aromatic heterocycles. The molecule has 192 valence electrons. The summed E-state index contributed by atoms with van der Waals surface area (Å²) < 4.78 is 28.7. The molecular weight excluding hydrogens is 594 g/mol. The summed E-state index contributed by atoms with van der Waals surface area (Å²) in [6, 6.07) is 21.4. The molecule has 0 aliphatic heterocycles. The van der Waals surface area contributed by atoms with Crippen LogP contribution in [0.15, 0.2) is 75.7 Å². The van der Waals surface area contributed by atoms with E-state index in [2.05, 4.69) is 36.8 Å². The van der Waals surface area contributed by atoms with Crippen molar-refractivity contribution in [2.75, 3.05) is 58.8 Å². The third-order valence-corrected chi connectivity index (χ3v) is 6.14. The average molecular weight is 623 g/mol. The Morgan fingerprint density at radius 3 is 1.72 bits per heavy atom. The largest absolute Gasteiger partial charge is 0.490 e. The van der Waals surface area contributed by atoms with Crippen molar-refractivity contribution in [2.45, 2.75) is 0 Å². The Hall–Kier alpha value is -2.43. The van der Waals surface area contributed by atoms with E-state index in [4.69, 9.17) is 23.7 Å². The zero-order valence-corrected chi connectivity index (χ0v) is 23.4. The molecule has 0 fully saturated rings. The number of ether oxygens (including phenoxy) is 5. The highest BCUT2D eigenvalue weighted by molar-refractivity contribution is 9.10. The molecule has 0 heterocycles. The standard InChI is InChI=1S/C27H29Br2NO6/c1-32-13-14-34-15-16-35-17-18-36-26-12-11-24(19-25(26)27(31)33-2)30(22-7-3-20(28)4-8-22)23-9-5-21(29)6-10-23/h3-12,19H,13-18H2,1-2H3. The van der Waals surface area contributed by atoms with Gasteiger partial charge in [-0.3, -0.25) is 0 Å². The van der Waals surface area contributed by atoms with E-state index in [-0.39, 0.29) is 6.61 Å². The molecule has 3 aromatic carbocycles. The maximum Gasteiger partial charge on any atom is 0.341 e. The quantitative estimate of drug-likeness (QED) is 0.150. The van der Waals surface area contributed by atoms with Gasteiger partial charge in [-0.15, -0.1) is 0 Å². The smallest absolute Gasteiger partial charge is 0.341 e. The monoisotopic (exact) mass is 621 g/mol. The molecule has 0 spiro atoms. The Labute approximate surface area is 228 Å². The highest BCUT2D eigenvalue weighted by atomic mass is 79.9. The molecule has 0 saturated heterocycles. The van der Waals surface area contributed by atoms with Gasteiger partial charge in [0, 0.05) is 33.1 Å². The van der Waals surface area contributed by atoms with Crippen molar-refractivity contribution in [3.63, 3.8) is 0 Å². The molecule has 0 atom stereocenters. The third kappa shape index (κ3) is 8.31. The highest BCUT2D eigenvalue weighted by Crippen LogP contribution is 2.37. The number of esters is 1. The van der Waals surface area contributed by atoms with Crippen LogP contribution in [0.2, 0.25) is 0 Å². The zero-order valence-electron chi connectivity index (χ0n) is 20.2. The van der Waals surface area contributed by atoms with Crippen LogP contribution in [-0.2, 0) is 18.9 Å². The van der Waals surface area contributed by atoms with E-state index < -0.39 is 5.97 Å². The molecule has 7 nitrogen and oxygen atoms in total. The minimum Gasteiger partial charge on any atom is -0.490 e. The molecule has 0 N–H and O–H groups in total. The molecule has 9 heteroatoms. The second kappa shape index (κ2) is 15.0. The van der Waals surface area contributed by atoms with Crippen LogP contribution in [0, 0.1) is 0 Å². The van der Waals surface area contributed by atoms with Crippen LogP contribution in [0.1, 0.15) is 10.4 Å². The topological polar surface area (TPSA) is 66.5 Å². The number of nitrogens with zero attached hydrogens (tertiary/aromatic N) is 1. The van der Waals surface area contributed by atoms with Crippen LogP contribution in [0.5, 0.6) is 5.75 Å². The summed E-state index contributed by atoms with van der Waals surface area (Å²) >= 11 is 6.99. The maximum atomic E-state index is 12.6. The molecule has 0 bridgehead atoms. The normalized spacial score (nSPS) is 10.8. The van der Waals surface area contributed by atoms with Crippen LogP contribution >= 0.6 is 31.9 Å². The fourth-order valence-electron chi connectivity index (χ4n) is 3.35. The van der Waals surface area contributed by atoms with Gasteiger partial charge in [0.25, 0.3) is 0 Å². The molecule has 0 saturated carbocycles. The number of halogens is 2. The molecule has 0 amide bonds. The van der Waals surface area contributed by atoms with E-state index in [0.29, 0.717) is 44.3 Å². The Morgan fingerprint density at radius 1 is 0.694 bits per heavy atom. The van der Waals surface area contributed by atoms with Crippen LogP contribution < -0.4 is 9.64 Å². The fourth-order valence-corrected chi connectivity index (χ4v) is 3.88. The van der Waals surface area contributed by atoms with E-state index >= 15 is 0 Å². The summed E-state index contributed by atoms with van der Waals surface area (Å²) in [6.07, 6.45) is 0. The minimum absolute atomic E-state index is 0.282. The lowest BCUT2D eigenvalue weighted by atomic mass is 10.1. The van der Waals surface area contributed by atoms with Gasteiger partial charge in [-0.05, 0) is 66.7 Å². The highest BCUT2D eigenvalue weighted by Gasteiger charge is 2.19. The van der Waals surface area contributed by atoms with Gasteiger partial charge < -0.3 is 28.6 Å². The summed E-state index contributed by atoms with van der Waals surface area (Å²) in [5.74, 6) is -0.0528. The number of methoxy groups -OCH3 is 2. The minimum atomic E-state index is -0.481. The van der Waals surface area contributed by atoms with Crippen LogP contribution in [0.4, 0.5) is 17.1 Å². The van der Waals surface area contributed by atoms with E-state index in [1.165, 1.54) is 7.11 Å². The Balaban J connectivity index is 1.77. The Morgan fingerprint density at radius 2 is 1.19 bits per heavy atom. The first-order valence-electron chi connectivity index (χ1n) is 11.3. The molecule has 3 rings (SSSR count). The number of hydrogen-bond acceptors (Lipinski definition) is 7. The number of rotatable bonds is 14. The summed E-state index contributed by atoms with van der Waals surface area (Å²) in [5, 5.41) is 0. The number of carbonyl (C=O) groups is 1. The van der Waals surface area contributed by atoms with E-state index in [9.17, 15) is 4.79 Å². The van der Waals surface area contributed by atoms with Gasteiger partial charge in [-0.25, -0.2) is 4.79 Å². The number of hydrogen-bond donors (Lipinski definition) is 0. The Bertz CT molecular complexity index is 1050. The first-order chi connectivity index (χ1) is 17.5. The van der Waals surface area contributed by atoms with Gasteiger partial charge in [-0.2, -0.15) is 0 Å². The number of benzene rings is 3. The van der Waals surface area contributed by atoms with Crippen LogP contribution in [0.25, 0.3) is 0 Å². The van der Waals surface area contributed by atoms with Gasteiger partial charge in [0.2, 0.25) is 0 Å². The van der Waals surface area contributed by atoms with E-state index in [1.54, 1.807) is 19.2 Å². The van der Waals surface area contributed by atoms with Crippen molar-refractivity contribution in [1.82, 2.24) is 0 Å². The molecule has 0 radical (unpaired) electrons. The first kappa shape index (κ1) is 28.1. The number of anilines is 3. The van der Waals surface area contributed by atoms with Gasteiger partial charge in [0.1, 0.15) is 17.9 Å². The lowest BCUT2D eigenvalue weighted by Gasteiger charge is -2.26. The van der Waals surface area contributed by atoms with Gasteiger partial charge in [0.15, 0.2) is 0 Å². The fraction of sp³-hybridized carbons (Fsp3) is 0.296. The summed E-state index contributed by atoms with van der Waals surface area (Å²) in [5.41, 5.74) is 2.99. The lowest BCUT2D eigenvalue weighted by Crippen LogP contribution is -2.15. The second-order valence-electron chi connectivity index (χ2n) is 7.53. The molecular formula is C27H29Br2NO6. The van der Waals surface area contributed by atoms with Crippen molar-refractivity contribution < 1.29 is 28.5 Å². The molecule has 36 heavy (non-hydrogen) atoms. The van der Waals surface area contributed by atoms with Crippen LogP contribution in [-0.4, -0.2) is 59.8 Å². The van der Waals surface area contributed by atoms with Gasteiger partial charge in [0.05, 0.1) is 40.1 Å². The lowest BCUT2D eigenvalue weighted by molar-refractivity contribution is 0.0178. The van der Waals surface area contributed by atoms with Crippen LogP contribution in [0.3, 0.4) is 0 Å². The molecule has 3 aromatic rings. The van der Waals surface area contributed by atoms with E-state index in [1.807, 2.05) is 54.6 Å². The van der Waals surface area contributed by atoms with Crippen molar-refractivity contribution in [3.8, 4) is 5.75 Å². The first-order valence-corrected chi connectivity index (χ1v) is 12.9. The zero-order chi connectivity index (χ0) is 25.8. The predicted octanol–water partition coefficient (Wildman–Crippen LogP) is 6.53. The maximum absolute atomic E-state index is 12.6. The molecule has 0 aliphatic rings. The second-order valence-corrected chi connectivity index (χ2v) is 9.36. The van der Waals surface area contributed by atoms with E-state index in [0.717, 1.165) is 26.0 Å². The van der Waals surface area contributed by atoms with Crippen molar-refractivity contribution >= 4 is 54.9 Å².